The molecular formula is C24H32O3W. The summed E-state index contributed by atoms with van der Waals surface area (Å²) in [6.45, 7) is 2.35. The molecule has 3 aliphatic rings. The fraction of sp³-hybridized carbons (Fsp3) is 0.625. The number of methoxy groups -OCH3 is 1. The second-order valence-corrected chi connectivity index (χ2v) is 11.0. The van der Waals surface area contributed by atoms with Gasteiger partial charge in [-0.25, -0.2) is 0 Å². The second kappa shape index (κ2) is 7.82. The van der Waals surface area contributed by atoms with Crippen molar-refractivity contribution in [3.8, 4) is 5.75 Å². The molecule has 0 saturated heterocycles. The van der Waals surface area contributed by atoms with Gasteiger partial charge in [-0.05, 0) is 12.1 Å². The molecule has 152 valence electrons. The van der Waals surface area contributed by atoms with Gasteiger partial charge in [0.2, 0.25) is 0 Å². The van der Waals surface area contributed by atoms with Crippen LogP contribution in [0.1, 0.15) is 68.9 Å². The number of aliphatic hydroxyl groups excluding tert-OH is 1. The van der Waals surface area contributed by atoms with Crippen molar-refractivity contribution >= 4 is 4.08 Å². The summed E-state index contributed by atoms with van der Waals surface area (Å²) in [4.78, 5) is 0. The number of fused-ring (bicyclic) bond motifs is 5. The Kier molecular flexibility index (Phi) is 5.73. The Morgan fingerprint density at radius 3 is 2.82 bits per heavy atom. The van der Waals surface area contributed by atoms with Crippen molar-refractivity contribution in [2.24, 2.45) is 17.3 Å². The zero-order chi connectivity index (χ0) is 19.9. The third kappa shape index (κ3) is 3.38. The molecule has 3 aliphatic carbocycles. The van der Waals surface area contributed by atoms with Crippen LogP contribution in [0.25, 0.3) is 0 Å². The molecule has 3 nitrogen and oxygen atoms in total. The standard InChI is InChI=1S/C24H32O3.W/c1-23-13-10-20-19-9-7-18(27-2)16-17(19)6-8-21(20)22(23)11-14-24(23,26)12-4-3-5-15-25;/h3-4,7,9,16,20-22,25-26H,5-6,8,10-14H2,1-2H3;/b4-3+;/t20-,21-,22+,23+,24+;/m1./s1. The van der Waals surface area contributed by atoms with Crippen molar-refractivity contribution in [1.82, 2.24) is 0 Å². The van der Waals surface area contributed by atoms with Crippen molar-refractivity contribution < 1.29 is 34.3 Å². The Bertz CT molecular complexity index is 788. The van der Waals surface area contributed by atoms with Crippen LogP contribution in [0.5, 0.6) is 5.75 Å². The van der Waals surface area contributed by atoms with E-state index in [4.69, 9.17) is 4.74 Å². The van der Waals surface area contributed by atoms with Gasteiger partial charge in [0.15, 0.2) is 0 Å². The van der Waals surface area contributed by atoms with Crippen molar-refractivity contribution in [3.05, 3.63) is 41.5 Å². The first kappa shape index (κ1) is 20.5. The van der Waals surface area contributed by atoms with Crippen LogP contribution in [0.3, 0.4) is 0 Å². The van der Waals surface area contributed by atoms with Gasteiger partial charge in [-0.3, -0.25) is 0 Å². The molecular weight excluding hydrogens is 520 g/mol. The molecule has 4 heteroatoms. The maximum absolute atomic E-state index is 11.6. The van der Waals surface area contributed by atoms with E-state index in [9.17, 15) is 10.2 Å². The summed E-state index contributed by atoms with van der Waals surface area (Å²) >= 11 is 1.12. The summed E-state index contributed by atoms with van der Waals surface area (Å²) in [6, 6.07) is 6.65. The monoisotopic (exact) mass is 552 g/mol. The number of hydrogen-bond acceptors (Lipinski definition) is 3. The Morgan fingerprint density at radius 2 is 2.07 bits per heavy atom. The summed E-state index contributed by atoms with van der Waals surface area (Å²) in [5.74, 6) is 2.90. The van der Waals surface area contributed by atoms with Crippen LogP contribution in [0.2, 0.25) is 0 Å². The van der Waals surface area contributed by atoms with Crippen LogP contribution in [0.15, 0.2) is 30.4 Å². The van der Waals surface area contributed by atoms with Crippen LogP contribution in [-0.4, -0.2) is 27.0 Å². The number of aliphatic hydroxyl groups is 2. The molecule has 2 saturated carbocycles. The van der Waals surface area contributed by atoms with E-state index in [1.54, 1.807) is 7.11 Å². The first-order valence-electron chi connectivity index (χ1n) is 10.6. The quantitative estimate of drug-likeness (QED) is 0.523. The van der Waals surface area contributed by atoms with Gasteiger partial charge in [-0.15, -0.1) is 0 Å². The SMILES string of the molecule is COc1ccc2c(c1)CC[C@@H]1[C@@H]2CC[C@@]2(C)[C@H]1CC[C@@]2(O)C/C=C/C[C](O)=[W]. The van der Waals surface area contributed by atoms with Gasteiger partial charge in [0.1, 0.15) is 5.75 Å². The van der Waals surface area contributed by atoms with Crippen LogP contribution in [-0.2, 0) is 25.8 Å². The van der Waals surface area contributed by atoms with Gasteiger partial charge in [0, 0.05) is 0 Å². The average Bonchev–Trinajstić information content (AvgIpc) is 2.95. The molecule has 0 radical (unpaired) electrons. The Balaban J connectivity index is 1.55. The van der Waals surface area contributed by atoms with Crippen LogP contribution in [0.4, 0.5) is 0 Å². The van der Waals surface area contributed by atoms with E-state index >= 15 is 0 Å². The molecule has 4 rings (SSSR count). The molecule has 0 bridgehead atoms. The van der Waals surface area contributed by atoms with Gasteiger partial charge in [0.05, 0.1) is 7.11 Å². The number of ether oxygens (including phenoxy) is 1. The van der Waals surface area contributed by atoms with E-state index in [-0.39, 0.29) is 5.41 Å². The topological polar surface area (TPSA) is 49.7 Å². The van der Waals surface area contributed by atoms with E-state index in [1.807, 2.05) is 6.08 Å². The minimum absolute atomic E-state index is 0.00566. The van der Waals surface area contributed by atoms with Crippen LogP contribution >= 0.6 is 0 Å². The Morgan fingerprint density at radius 1 is 1.25 bits per heavy atom. The summed E-state index contributed by atoms with van der Waals surface area (Å²) < 4.78 is 5.95. The van der Waals surface area contributed by atoms with Gasteiger partial charge < -0.3 is 4.74 Å². The zero-order valence-electron chi connectivity index (χ0n) is 17.0. The predicted octanol–water partition coefficient (Wildman–Crippen LogP) is 4.67. The van der Waals surface area contributed by atoms with Gasteiger partial charge in [-0.1, -0.05) is 0 Å². The molecule has 2 N–H and O–H groups in total. The fourth-order valence-electron chi connectivity index (χ4n) is 6.59. The third-order valence-electron chi connectivity index (χ3n) is 8.17. The molecule has 2 fully saturated rings. The van der Waals surface area contributed by atoms with E-state index in [0.717, 1.165) is 50.8 Å². The maximum atomic E-state index is 11.6. The number of benzene rings is 1. The summed E-state index contributed by atoms with van der Waals surface area (Å²) in [7, 11) is 1.74. The summed E-state index contributed by atoms with van der Waals surface area (Å²) in [5, 5.41) is 21.1. The third-order valence-corrected chi connectivity index (χ3v) is 8.77. The molecule has 0 spiro atoms. The van der Waals surface area contributed by atoms with Crippen molar-refractivity contribution in [2.45, 2.75) is 69.8 Å². The van der Waals surface area contributed by atoms with Gasteiger partial charge in [0.25, 0.3) is 0 Å². The molecule has 0 amide bonds. The Hall–Kier alpha value is -0.762. The van der Waals surface area contributed by atoms with Crippen molar-refractivity contribution in [3.63, 3.8) is 0 Å². The van der Waals surface area contributed by atoms with Gasteiger partial charge >= 0.3 is 150 Å². The number of rotatable bonds is 5. The summed E-state index contributed by atoms with van der Waals surface area (Å²) in [5.41, 5.74) is 2.41. The van der Waals surface area contributed by atoms with Crippen molar-refractivity contribution in [1.29, 1.82) is 0 Å². The predicted molar refractivity (Wildman–Crippen MR) is 108 cm³/mol. The average molecular weight is 552 g/mol. The molecule has 0 aromatic heterocycles. The molecule has 5 atom stereocenters. The molecule has 0 aliphatic heterocycles. The van der Waals surface area contributed by atoms with E-state index in [0.29, 0.717) is 34.7 Å². The molecule has 0 heterocycles. The summed E-state index contributed by atoms with van der Waals surface area (Å²) in [6.07, 6.45) is 12.1. The van der Waals surface area contributed by atoms with E-state index in [2.05, 4.69) is 31.2 Å². The number of aryl methyl sites for hydroxylation is 1. The first-order chi connectivity index (χ1) is 13.4. The minimum atomic E-state index is -0.602. The normalized spacial score (nSPS) is 36.6. The second-order valence-electron chi connectivity index (χ2n) is 9.28. The molecule has 1 aromatic carbocycles. The first-order valence-corrected chi connectivity index (χ1v) is 12.1. The Labute approximate surface area is 179 Å². The van der Waals surface area contributed by atoms with Gasteiger partial charge in [-0.2, -0.15) is 0 Å². The fourth-order valence-corrected chi connectivity index (χ4v) is 6.94. The number of hydrogen-bond donors (Lipinski definition) is 2. The zero-order valence-corrected chi connectivity index (χ0v) is 19.9. The molecule has 1 aromatic rings. The van der Waals surface area contributed by atoms with Crippen LogP contribution in [0, 0.1) is 17.3 Å². The van der Waals surface area contributed by atoms with Crippen LogP contribution < -0.4 is 4.74 Å². The van der Waals surface area contributed by atoms with E-state index in [1.165, 1.54) is 24.0 Å². The van der Waals surface area contributed by atoms with Crippen molar-refractivity contribution in [2.75, 3.05) is 7.11 Å². The molecule has 28 heavy (non-hydrogen) atoms. The van der Waals surface area contributed by atoms with E-state index < -0.39 is 5.60 Å². The molecule has 0 unspecified atom stereocenters.